The van der Waals surface area contributed by atoms with Crippen LogP contribution < -0.4 is 15.8 Å². The Morgan fingerprint density at radius 1 is 1.35 bits per heavy atom. The van der Waals surface area contributed by atoms with E-state index in [9.17, 15) is 0 Å². The Morgan fingerprint density at radius 2 is 2.18 bits per heavy atom. The molecule has 0 fully saturated rings. The predicted octanol–water partition coefficient (Wildman–Crippen LogP) is 1.07. The molecule has 0 amide bonds. The third-order valence-electron chi connectivity index (χ3n) is 3.03. The highest BCUT2D eigenvalue weighted by atomic mass is 16.5. The summed E-state index contributed by atoms with van der Waals surface area (Å²) in [5.74, 6) is 1.39. The van der Waals surface area contributed by atoms with E-state index in [-0.39, 0.29) is 0 Å². The molecule has 0 radical (unpaired) electrons. The van der Waals surface area contributed by atoms with Crippen LogP contribution in [0.25, 0.3) is 5.69 Å². The second-order valence-electron chi connectivity index (χ2n) is 4.00. The Kier molecular flexibility index (Phi) is 2.26. The number of benzene rings is 1. The Labute approximate surface area is 99.2 Å². The molecule has 2 aromatic rings. The van der Waals surface area contributed by atoms with Crippen molar-refractivity contribution in [2.75, 3.05) is 12.8 Å². The Morgan fingerprint density at radius 3 is 3.00 bits per heavy atom. The van der Waals surface area contributed by atoms with Gasteiger partial charge < -0.3 is 15.8 Å². The normalized spacial score (nSPS) is 13.7. The van der Waals surface area contributed by atoms with Crippen molar-refractivity contribution in [3.8, 4) is 11.4 Å². The number of methoxy groups -OCH3 is 1. The van der Waals surface area contributed by atoms with E-state index in [2.05, 4.69) is 10.4 Å². The highest BCUT2D eigenvalue weighted by Gasteiger charge is 2.22. The average Bonchev–Trinajstić information content (AvgIpc) is 2.94. The summed E-state index contributed by atoms with van der Waals surface area (Å²) in [4.78, 5) is 0. The first-order valence-electron chi connectivity index (χ1n) is 5.51. The number of para-hydroxylation sites is 2. The number of hydrogen-bond donors (Lipinski definition) is 2. The van der Waals surface area contributed by atoms with Gasteiger partial charge in [0.05, 0.1) is 12.8 Å². The molecule has 0 aliphatic carbocycles. The minimum atomic E-state index is 0.593. The van der Waals surface area contributed by atoms with Crippen LogP contribution in [-0.2, 0) is 13.1 Å². The molecule has 0 bridgehead atoms. The molecule has 0 unspecified atom stereocenters. The Balaban J connectivity index is 2.19. The standard InChI is InChI=1S/C12H14N4O/c1-17-11-5-3-2-4-9(11)16-10-7-14-6-8(10)12(13)15-16/h2-5,14H,6-7H2,1H3,(H2,13,15). The molecule has 1 aromatic heterocycles. The van der Waals surface area contributed by atoms with Gasteiger partial charge in [0.15, 0.2) is 5.82 Å². The maximum atomic E-state index is 5.91. The molecule has 3 rings (SSSR count). The molecule has 1 aliphatic heterocycles. The lowest BCUT2D eigenvalue weighted by molar-refractivity contribution is 0.411. The SMILES string of the molecule is COc1ccccc1-n1nc(N)c2c1CNC2. The van der Waals surface area contributed by atoms with E-state index in [1.165, 1.54) is 0 Å². The van der Waals surface area contributed by atoms with Crippen LogP contribution in [0.5, 0.6) is 5.75 Å². The molecule has 3 N–H and O–H groups in total. The highest BCUT2D eigenvalue weighted by molar-refractivity contribution is 5.53. The Bertz CT molecular complexity index is 562. The summed E-state index contributed by atoms with van der Waals surface area (Å²) in [6, 6.07) is 7.80. The third kappa shape index (κ3) is 1.47. The van der Waals surface area contributed by atoms with Crippen molar-refractivity contribution in [3.05, 3.63) is 35.5 Å². The van der Waals surface area contributed by atoms with E-state index in [4.69, 9.17) is 10.5 Å². The van der Waals surface area contributed by atoms with E-state index in [0.29, 0.717) is 5.82 Å². The zero-order valence-corrected chi connectivity index (χ0v) is 9.60. The summed E-state index contributed by atoms with van der Waals surface area (Å²) >= 11 is 0. The molecule has 1 aromatic carbocycles. The van der Waals surface area contributed by atoms with E-state index < -0.39 is 0 Å². The molecule has 0 spiro atoms. The van der Waals surface area contributed by atoms with Crippen LogP contribution in [0.2, 0.25) is 0 Å². The monoisotopic (exact) mass is 230 g/mol. The van der Waals surface area contributed by atoms with Gasteiger partial charge in [-0.2, -0.15) is 0 Å². The van der Waals surface area contributed by atoms with Crippen LogP contribution in [0.1, 0.15) is 11.3 Å². The summed E-state index contributed by atoms with van der Waals surface area (Å²) in [6.45, 7) is 1.58. The summed E-state index contributed by atoms with van der Waals surface area (Å²) in [7, 11) is 1.66. The predicted molar refractivity (Wildman–Crippen MR) is 65.1 cm³/mol. The minimum absolute atomic E-state index is 0.593. The number of nitrogens with zero attached hydrogens (tertiary/aromatic N) is 2. The van der Waals surface area contributed by atoms with Gasteiger partial charge in [-0.1, -0.05) is 12.1 Å². The zero-order chi connectivity index (χ0) is 11.8. The quantitative estimate of drug-likeness (QED) is 0.809. The van der Waals surface area contributed by atoms with Gasteiger partial charge in [0.2, 0.25) is 0 Å². The smallest absolute Gasteiger partial charge is 0.150 e. The van der Waals surface area contributed by atoms with Gasteiger partial charge in [-0.25, -0.2) is 4.68 Å². The van der Waals surface area contributed by atoms with Crippen molar-refractivity contribution in [2.24, 2.45) is 0 Å². The number of anilines is 1. The van der Waals surface area contributed by atoms with Gasteiger partial charge in [-0.3, -0.25) is 0 Å². The van der Waals surface area contributed by atoms with E-state index >= 15 is 0 Å². The van der Waals surface area contributed by atoms with Gasteiger partial charge in [0.1, 0.15) is 11.4 Å². The molecule has 0 atom stereocenters. The second kappa shape index (κ2) is 3.78. The largest absolute Gasteiger partial charge is 0.494 e. The number of ether oxygens (including phenoxy) is 1. The Hall–Kier alpha value is -2.01. The molecule has 0 saturated carbocycles. The number of nitrogen functional groups attached to an aromatic ring is 1. The van der Waals surface area contributed by atoms with Crippen molar-refractivity contribution in [2.45, 2.75) is 13.1 Å². The summed E-state index contributed by atoms with van der Waals surface area (Å²) in [5, 5.41) is 7.66. The van der Waals surface area contributed by atoms with Crippen LogP contribution >= 0.6 is 0 Å². The van der Waals surface area contributed by atoms with Crippen molar-refractivity contribution >= 4 is 5.82 Å². The summed E-state index contributed by atoms with van der Waals surface area (Å²) < 4.78 is 7.21. The molecule has 88 valence electrons. The number of fused-ring (bicyclic) bond motifs is 1. The fourth-order valence-electron chi connectivity index (χ4n) is 2.19. The number of hydrogen-bond acceptors (Lipinski definition) is 4. The van der Waals surface area contributed by atoms with Crippen LogP contribution in [0, 0.1) is 0 Å². The molecule has 1 aliphatic rings. The maximum Gasteiger partial charge on any atom is 0.150 e. The van der Waals surface area contributed by atoms with Gasteiger partial charge in [0, 0.05) is 18.7 Å². The van der Waals surface area contributed by atoms with Gasteiger partial charge in [-0.05, 0) is 12.1 Å². The van der Waals surface area contributed by atoms with Gasteiger partial charge in [0.25, 0.3) is 0 Å². The molecule has 5 heteroatoms. The number of nitrogens with one attached hydrogen (secondary N) is 1. The first-order valence-corrected chi connectivity index (χ1v) is 5.51. The van der Waals surface area contributed by atoms with E-state index in [1.54, 1.807) is 7.11 Å². The lowest BCUT2D eigenvalue weighted by Gasteiger charge is -2.10. The van der Waals surface area contributed by atoms with E-state index in [1.807, 2.05) is 28.9 Å². The number of nitrogens with two attached hydrogens (primary N) is 1. The molecular weight excluding hydrogens is 216 g/mol. The zero-order valence-electron chi connectivity index (χ0n) is 9.60. The van der Waals surface area contributed by atoms with Gasteiger partial charge in [-0.15, -0.1) is 5.10 Å². The van der Waals surface area contributed by atoms with Crippen molar-refractivity contribution in [3.63, 3.8) is 0 Å². The fraction of sp³-hybridized carbons (Fsp3) is 0.250. The van der Waals surface area contributed by atoms with E-state index in [0.717, 1.165) is 35.8 Å². The number of aromatic nitrogens is 2. The van der Waals surface area contributed by atoms with Crippen LogP contribution in [-0.4, -0.2) is 16.9 Å². The van der Waals surface area contributed by atoms with Crippen LogP contribution in [0.4, 0.5) is 5.82 Å². The van der Waals surface area contributed by atoms with Crippen LogP contribution in [0.3, 0.4) is 0 Å². The number of rotatable bonds is 2. The lowest BCUT2D eigenvalue weighted by atomic mass is 10.2. The third-order valence-corrected chi connectivity index (χ3v) is 3.03. The fourth-order valence-corrected chi connectivity index (χ4v) is 2.19. The lowest BCUT2D eigenvalue weighted by Crippen LogP contribution is -2.09. The molecule has 0 saturated heterocycles. The maximum absolute atomic E-state index is 5.91. The van der Waals surface area contributed by atoms with Gasteiger partial charge >= 0.3 is 0 Å². The minimum Gasteiger partial charge on any atom is -0.494 e. The van der Waals surface area contributed by atoms with Crippen molar-refractivity contribution in [1.29, 1.82) is 0 Å². The first-order chi connectivity index (χ1) is 8.31. The topological polar surface area (TPSA) is 65.1 Å². The van der Waals surface area contributed by atoms with Crippen molar-refractivity contribution < 1.29 is 4.74 Å². The molecule has 17 heavy (non-hydrogen) atoms. The summed E-state index contributed by atoms with van der Waals surface area (Å²) in [6.07, 6.45) is 0. The first kappa shape index (κ1) is 10.2. The molecule has 5 nitrogen and oxygen atoms in total. The molecular formula is C12H14N4O. The second-order valence-corrected chi connectivity index (χ2v) is 4.00. The van der Waals surface area contributed by atoms with Crippen LogP contribution in [0.15, 0.2) is 24.3 Å². The van der Waals surface area contributed by atoms with Crippen molar-refractivity contribution in [1.82, 2.24) is 15.1 Å². The summed E-state index contributed by atoms with van der Waals surface area (Å²) in [5.41, 5.74) is 9.04. The molecule has 2 heterocycles. The average molecular weight is 230 g/mol. The highest BCUT2D eigenvalue weighted by Crippen LogP contribution is 2.28.